The zero-order valence-electron chi connectivity index (χ0n) is 23.9. The Bertz CT molecular complexity index is 1510. The van der Waals surface area contributed by atoms with Crippen molar-refractivity contribution in [1.29, 1.82) is 0 Å². The van der Waals surface area contributed by atoms with Gasteiger partial charge in [-0.2, -0.15) is 13.2 Å². The fraction of sp³-hybridized carbons (Fsp3) is 0.303. The number of carbonyl (C=O) groups excluding carboxylic acids is 2. The maximum absolute atomic E-state index is 13.5. The first-order valence-electron chi connectivity index (χ1n) is 14.2. The molecule has 0 aliphatic carbocycles. The maximum atomic E-state index is 13.5. The number of ether oxygens (including phenoxy) is 3. The number of carbonyl (C=O) groups is 2. The summed E-state index contributed by atoms with van der Waals surface area (Å²) in [5, 5.41) is 4.06. The van der Waals surface area contributed by atoms with E-state index in [0.29, 0.717) is 30.0 Å². The number of aromatic nitrogens is 1. The summed E-state index contributed by atoms with van der Waals surface area (Å²) in [6.07, 6.45) is -3.03. The number of imide groups is 1. The van der Waals surface area contributed by atoms with Crippen LogP contribution < -0.4 is 9.47 Å². The lowest BCUT2D eigenvalue weighted by Gasteiger charge is -2.22. The highest BCUT2D eigenvalue weighted by atomic mass is 19.4. The van der Waals surface area contributed by atoms with Crippen molar-refractivity contribution in [3.63, 3.8) is 0 Å². The molecule has 1 aliphatic heterocycles. The second-order valence-electron chi connectivity index (χ2n) is 10.4. The molecule has 0 N–H and O–H groups in total. The van der Waals surface area contributed by atoms with E-state index in [1.165, 1.54) is 23.3 Å². The smallest absolute Gasteiger partial charge is 0.416 e. The average Bonchev–Trinajstić information content (AvgIpc) is 3.69. The van der Waals surface area contributed by atoms with Crippen molar-refractivity contribution in [3.8, 4) is 11.5 Å². The van der Waals surface area contributed by atoms with E-state index < -0.39 is 35.9 Å². The van der Waals surface area contributed by atoms with Crippen LogP contribution in [0.25, 0.3) is 0 Å². The fourth-order valence-corrected chi connectivity index (χ4v) is 5.01. The molecule has 0 saturated carbocycles. The Morgan fingerprint density at radius 1 is 1.00 bits per heavy atom. The largest absolute Gasteiger partial charge is 0.490 e. The molecule has 0 spiro atoms. The monoisotopic (exact) mass is 608 g/mol. The molecule has 11 heteroatoms. The van der Waals surface area contributed by atoms with Gasteiger partial charge in [0.15, 0.2) is 0 Å². The lowest BCUT2D eigenvalue weighted by atomic mass is 9.91. The van der Waals surface area contributed by atoms with Gasteiger partial charge in [-0.25, -0.2) is 9.69 Å². The van der Waals surface area contributed by atoms with Gasteiger partial charge in [0, 0.05) is 18.4 Å². The number of halogens is 3. The second kappa shape index (κ2) is 13.7. The highest BCUT2D eigenvalue weighted by Gasteiger charge is 2.39. The van der Waals surface area contributed by atoms with E-state index in [1.54, 1.807) is 18.2 Å². The van der Waals surface area contributed by atoms with E-state index in [4.69, 9.17) is 18.7 Å². The first-order chi connectivity index (χ1) is 21.2. The van der Waals surface area contributed by atoms with Crippen LogP contribution in [0.2, 0.25) is 0 Å². The number of nitrogens with zero attached hydrogens (tertiary/aromatic N) is 2. The fourth-order valence-electron chi connectivity index (χ4n) is 5.01. The molecule has 3 aromatic carbocycles. The molecular weight excluding hydrogens is 577 g/mol. The quantitative estimate of drug-likeness (QED) is 0.170. The highest BCUT2D eigenvalue weighted by molar-refractivity contribution is 5.94. The van der Waals surface area contributed by atoms with Gasteiger partial charge in [0.25, 0.3) is 0 Å². The summed E-state index contributed by atoms with van der Waals surface area (Å²) in [6.45, 7) is 2.19. The zero-order valence-corrected chi connectivity index (χ0v) is 23.9. The van der Waals surface area contributed by atoms with Crippen molar-refractivity contribution in [2.45, 2.75) is 50.4 Å². The predicted molar refractivity (Wildman–Crippen MR) is 153 cm³/mol. The molecule has 1 aromatic heterocycles. The maximum Gasteiger partial charge on any atom is 0.416 e. The van der Waals surface area contributed by atoms with Crippen molar-refractivity contribution >= 4 is 12.0 Å². The van der Waals surface area contributed by atoms with E-state index in [1.807, 2.05) is 49.4 Å². The molecule has 3 atom stereocenters. The van der Waals surface area contributed by atoms with Crippen LogP contribution in [0.1, 0.15) is 48.1 Å². The number of benzene rings is 3. The minimum absolute atomic E-state index is 0.0357. The molecule has 1 fully saturated rings. The predicted octanol–water partition coefficient (Wildman–Crippen LogP) is 7.04. The third-order valence-corrected chi connectivity index (χ3v) is 7.40. The second-order valence-corrected chi connectivity index (χ2v) is 10.4. The minimum atomic E-state index is -4.41. The molecule has 1 saturated heterocycles. The average molecular weight is 609 g/mol. The molecule has 5 rings (SSSR count). The van der Waals surface area contributed by atoms with Crippen LogP contribution in [-0.2, 0) is 22.1 Å². The molecule has 0 bridgehead atoms. The van der Waals surface area contributed by atoms with Crippen LogP contribution in [0.3, 0.4) is 0 Å². The summed E-state index contributed by atoms with van der Waals surface area (Å²) < 4.78 is 60.6. The number of hydrogen-bond donors (Lipinski definition) is 0. The molecule has 1 aliphatic rings. The Kier molecular flexibility index (Phi) is 9.52. The standard InChI is InChI=1S/C33H31F3N2O6/c1-2-26(44-28-14-10-24(11-15-28)33(34,35)36)21-41-27-12-8-23(9-13-27)29(30-16-17-43-37-30)19-31(39)38-25(20-42-32(38)40)18-22-6-4-3-5-7-22/h3-17,25-26,29H,2,18-21H2,1H3. The number of alkyl halides is 3. The van der Waals surface area contributed by atoms with Crippen LogP contribution in [0.5, 0.6) is 11.5 Å². The summed E-state index contributed by atoms with van der Waals surface area (Å²) in [5.74, 6) is -0.0169. The molecule has 4 aromatic rings. The lowest BCUT2D eigenvalue weighted by molar-refractivity contribution is -0.137. The van der Waals surface area contributed by atoms with E-state index in [-0.39, 0.29) is 25.5 Å². The first kappa shape index (κ1) is 30.7. The van der Waals surface area contributed by atoms with Crippen LogP contribution >= 0.6 is 0 Å². The molecule has 230 valence electrons. The molecule has 8 nitrogen and oxygen atoms in total. The first-order valence-corrected chi connectivity index (χ1v) is 14.2. The Labute approximate surface area is 252 Å². The molecule has 2 heterocycles. The highest BCUT2D eigenvalue weighted by Crippen LogP contribution is 2.32. The molecule has 0 radical (unpaired) electrons. The van der Waals surface area contributed by atoms with Crippen molar-refractivity contribution in [3.05, 3.63) is 114 Å². The van der Waals surface area contributed by atoms with Crippen molar-refractivity contribution in [2.75, 3.05) is 13.2 Å². The van der Waals surface area contributed by atoms with Crippen molar-refractivity contribution in [1.82, 2.24) is 10.1 Å². The Morgan fingerprint density at radius 3 is 2.34 bits per heavy atom. The van der Waals surface area contributed by atoms with E-state index in [2.05, 4.69) is 5.16 Å². The zero-order chi connectivity index (χ0) is 31.1. The molecular formula is C33H31F3N2O6. The van der Waals surface area contributed by atoms with Gasteiger partial charge < -0.3 is 18.7 Å². The van der Waals surface area contributed by atoms with E-state index in [9.17, 15) is 22.8 Å². The van der Waals surface area contributed by atoms with Gasteiger partial charge in [-0.3, -0.25) is 4.79 Å². The lowest BCUT2D eigenvalue weighted by Crippen LogP contribution is -2.40. The number of amides is 2. The van der Waals surface area contributed by atoms with Crippen molar-refractivity contribution < 1.29 is 41.5 Å². The van der Waals surface area contributed by atoms with Crippen LogP contribution in [0.15, 0.2) is 95.7 Å². The number of cyclic esters (lactones) is 1. The van der Waals surface area contributed by atoms with Gasteiger partial charge in [0.05, 0.1) is 17.3 Å². The van der Waals surface area contributed by atoms with Gasteiger partial charge in [-0.05, 0) is 60.4 Å². The van der Waals surface area contributed by atoms with Crippen LogP contribution in [0.4, 0.5) is 18.0 Å². The Morgan fingerprint density at radius 2 is 1.70 bits per heavy atom. The van der Waals surface area contributed by atoms with Gasteiger partial charge in [-0.15, -0.1) is 0 Å². The van der Waals surface area contributed by atoms with Crippen LogP contribution in [-0.4, -0.2) is 47.4 Å². The van der Waals surface area contributed by atoms with E-state index >= 15 is 0 Å². The van der Waals surface area contributed by atoms with Gasteiger partial charge in [-0.1, -0.05) is 54.5 Å². The third kappa shape index (κ3) is 7.58. The summed E-state index contributed by atoms with van der Waals surface area (Å²) in [7, 11) is 0. The summed E-state index contributed by atoms with van der Waals surface area (Å²) in [5.41, 5.74) is 1.55. The summed E-state index contributed by atoms with van der Waals surface area (Å²) in [6, 6.07) is 22.5. The third-order valence-electron chi connectivity index (χ3n) is 7.40. The SMILES string of the molecule is CCC(COc1ccc(C(CC(=O)N2C(=O)OCC2Cc2ccccc2)c2ccon2)cc1)Oc1ccc(C(F)(F)F)cc1. The Hall–Kier alpha value is -4.80. The minimum Gasteiger partial charge on any atom is -0.490 e. The Balaban J connectivity index is 1.23. The van der Waals surface area contributed by atoms with E-state index in [0.717, 1.165) is 23.3 Å². The summed E-state index contributed by atoms with van der Waals surface area (Å²) in [4.78, 5) is 27.3. The topological polar surface area (TPSA) is 91.1 Å². The van der Waals surface area contributed by atoms with Crippen molar-refractivity contribution in [2.24, 2.45) is 0 Å². The number of hydrogen-bond acceptors (Lipinski definition) is 7. The van der Waals surface area contributed by atoms with Gasteiger partial charge in [0.2, 0.25) is 5.91 Å². The number of rotatable bonds is 12. The normalized spacial score (nSPS) is 16.3. The van der Waals surface area contributed by atoms with Gasteiger partial charge in [0.1, 0.15) is 37.1 Å². The summed E-state index contributed by atoms with van der Waals surface area (Å²) >= 11 is 0. The molecule has 2 amide bonds. The van der Waals surface area contributed by atoms with Gasteiger partial charge >= 0.3 is 12.3 Å². The van der Waals surface area contributed by atoms with Crippen LogP contribution in [0, 0.1) is 0 Å². The molecule has 3 unspecified atom stereocenters. The molecule has 44 heavy (non-hydrogen) atoms.